The normalized spacial score (nSPS) is 14.0. The van der Waals surface area contributed by atoms with Crippen molar-refractivity contribution >= 4 is 17.5 Å². The van der Waals surface area contributed by atoms with Crippen LogP contribution in [0.1, 0.15) is 0 Å². The molecule has 4 rings (SSSR count). The minimum absolute atomic E-state index is 0.0939. The molecule has 0 saturated carbocycles. The molecular formula is C21H20FN5O. The fourth-order valence-corrected chi connectivity index (χ4v) is 3.13. The second-order valence-electron chi connectivity index (χ2n) is 6.55. The van der Waals surface area contributed by atoms with Crippen molar-refractivity contribution in [3.8, 4) is 11.3 Å². The van der Waals surface area contributed by atoms with Gasteiger partial charge in [0.1, 0.15) is 5.82 Å². The number of hydrogen-bond acceptors (Lipinski definition) is 4. The Hall–Kier alpha value is -3.48. The molecule has 0 spiro atoms. The van der Waals surface area contributed by atoms with Crippen LogP contribution >= 0.6 is 0 Å². The summed E-state index contributed by atoms with van der Waals surface area (Å²) in [4.78, 5) is 16.3. The van der Waals surface area contributed by atoms with Crippen LogP contribution < -0.4 is 10.2 Å². The predicted octanol–water partition coefficient (Wildman–Crippen LogP) is 3.64. The molecule has 1 saturated heterocycles. The van der Waals surface area contributed by atoms with E-state index in [1.165, 1.54) is 12.1 Å². The van der Waals surface area contributed by atoms with Crippen LogP contribution in [-0.2, 0) is 0 Å². The Bertz CT molecular complexity index is 923. The smallest absolute Gasteiger partial charge is 0.321 e. The number of nitrogens with zero attached hydrogens (tertiary/aromatic N) is 4. The zero-order valence-corrected chi connectivity index (χ0v) is 15.3. The number of urea groups is 1. The number of aromatic nitrogens is 2. The van der Waals surface area contributed by atoms with Crippen LogP contribution in [0.5, 0.6) is 0 Å². The van der Waals surface area contributed by atoms with Crippen molar-refractivity contribution in [1.29, 1.82) is 0 Å². The third kappa shape index (κ3) is 4.09. The summed E-state index contributed by atoms with van der Waals surface area (Å²) < 4.78 is 13.0. The summed E-state index contributed by atoms with van der Waals surface area (Å²) in [6, 6.07) is 19.3. The fourth-order valence-electron chi connectivity index (χ4n) is 3.13. The molecule has 2 heterocycles. The van der Waals surface area contributed by atoms with Gasteiger partial charge in [0.05, 0.1) is 5.69 Å². The van der Waals surface area contributed by atoms with Crippen LogP contribution in [0.4, 0.5) is 20.7 Å². The summed E-state index contributed by atoms with van der Waals surface area (Å²) in [6.07, 6.45) is 0. The topological polar surface area (TPSA) is 61.4 Å². The molecule has 0 atom stereocenters. The van der Waals surface area contributed by atoms with Gasteiger partial charge in [-0.05, 0) is 48.5 Å². The van der Waals surface area contributed by atoms with Crippen molar-refractivity contribution in [2.45, 2.75) is 0 Å². The molecule has 2 amide bonds. The van der Waals surface area contributed by atoms with Crippen molar-refractivity contribution in [3.05, 3.63) is 72.5 Å². The van der Waals surface area contributed by atoms with Gasteiger partial charge in [-0.3, -0.25) is 0 Å². The molecule has 7 heteroatoms. The number of benzene rings is 2. The molecule has 0 unspecified atom stereocenters. The minimum atomic E-state index is -0.275. The van der Waals surface area contributed by atoms with Crippen molar-refractivity contribution in [1.82, 2.24) is 15.1 Å². The van der Waals surface area contributed by atoms with Gasteiger partial charge < -0.3 is 15.1 Å². The highest BCUT2D eigenvalue weighted by molar-refractivity contribution is 5.89. The quantitative estimate of drug-likeness (QED) is 0.757. The minimum Gasteiger partial charge on any atom is -0.352 e. The van der Waals surface area contributed by atoms with Crippen molar-refractivity contribution in [2.75, 3.05) is 36.4 Å². The molecule has 1 aromatic heterocycles. The first-order valence-electron chi connectivity index (χ1n) is 9.15. The molecular weight excluding hydrogens is 357 g/mol. The molecule has 1 aliphatic rings. The van der Waals surface area contributed by atoms with Gasteiger partial charge in [-0.1, -0.05) is 18.2 Å². The molecule has 0 radical (unpaired) electrons. The summed E-state index contributed by atoms with van der Waals surface area (Å²) in [7, 11) is 0. The third-order valence-corrected chi connectivity index (χ3v) is 4.71. The highest BCUT2D eigenvalue weighted by Crippen LogP contribution is 2.20. The fraction of sp³-hybridized carbons (Fsp3) is 0.190. The molecule has 142 valence electrons. The van der Waals surface area contributed by atoms with Gasteiger partial charge in [-0.2, -0.15) is 0 Å². The first kappa shape index (κ1) is 17.9. The number of carbonyl (C=O) groups is 1. The second-order valence-corrected chi connectivity index (χ2v) is 6.55. The van der Waals surface area contributed by atoms with Gasteiger partial charge in [-0.15, -0.1) is 10.2 Å². The summed E-state index contributed by atoms with van der Waals surface area (Å²) in [6.45, 7) is 2.60. The maximum atomic E-state index is 13.0. The Balaban J connectivity index is 1.34. The third-order valence-electron chi connectivity index (χ3n) is 4.71. The SMILES string of the molecule is O=C(Nc1ccccc1)N1CCN(c2ccc(-c3ccc(F)cc3)nn2)CC1. The van der Waals surface area contributed by atoms with Crippen LogP contribution in [0.3, 0.4) is 0 Å². The maximum absolute atomic E-state index is 13.0. The van der Waals surface area contributed by atoms with Crippen molar-refractivity contribution in [2.24, 2.45) is 0 Å². The predicted molar refractivity (Wildman–Crippen MR) is 107 cm³/mol. The first-order chi connectivity index (χ1) is 13.7. The lowest BCUT2D eigenvalue weighted by molar-refractivity contribution is 0.208. The zero-order valence-electron chi connectivity index (χ0n) is 15.3. The van der Waals surface area contributed by atoms with E-state index in [0.29, 0.717) is 31.9 Å². The number of halogens is 1. The van der Waals surface area contributed by atoms with Gasteiger partial charge in [0, 0.05) is 37.4 Å². The lowest BCUT2D eigenvalue weighted by Gasteiger charge is -2.35. The monoisotopic (exact) mass is 377 g/mol. The largest absolute Gasteiger partial charge is 0.352 e. The van der Waals surface area contributed by atoms with Crippen LogP contribution in [-0.4, -0.2) is 47.3 Å². The van der Waals surface area contributed by atoms with Crippen LogP contribution in [0.15, 0.2) is 66.7 Å². The van der Waals surface area contributed by atoms with E-state index in [1.807, 2.05) is 42.5 Å². The van der Waals surface area contributed by atoms with E-state index >= 15 is 0 Å². The van der Waals surface area contributed by atoms with E-state index in [-0.39, 0.29) is 11.8 Å². The van der Waals surface area contributed by atoms with Crippen molar-refractivity contribution in [3.63, 3.8) is 0 Å². The lowest BCUT2D eigenvalue weighted by atomic mass is 10.1. The van der Waals surface area contributed by atoms with E-state index < -0.39 is 0 Å². The highest BCUT2D eigenvalue weighted by Gasteiger charge is 2.22. The molecule has 28 heavy (non-hydrogen) atoms. The van der Waals surface area contributed by atoms with Gasteiger partial charge in [0.15, 0.2) is 5.82 Å². The highest BCUT2D eigenvalue weighted by atomic mass is 19.1. The van der Waals surface area contributed by atoms with E-state index in [1.54, 1.807) is 17.0 Å². The molecule has 1 fully saturated rings. The van der Waals surface area contributed by atoms with E-state index in [0.717, 1.165) is 17.1 Å². The van der Waals surface area contributed by atoms with E-state index in [4.69, 9.17) is 0 Å². The number of carbonyl (C=O) groups excluding carboxylic acids is 1. The Kier molecular flexibility index (Phi) is 5.14. The zero-order chi connectivity index (χ0) is 19.3. The summed E-state index contributed by atoms with van der Waals surface area (Å²) >= 11 is 0. The van der Waals surface area contributed by atoms with E-state index in [9.17, 15) is 9.18 Å². The average molecular weight is 377 g/mol. The average Bonchev–Trinajstić information content (AvgIpc) is 2.75. The Morgan fingerprint density at radius 2 is 1.57 bits per heavy atom. The van der Waals surface area contributed by atoms with Crippen molar-refractivity contribution < 1.29 is 9.18 Å². The number of para-hydroxylation sites is 1. The van der Waals surface area contributed by atoms with Crippen LogP contribution in [0.25, 0.3) is 11.3 Å². The number of anilines is 2. The number of amides is 2. The van der Waals surface area contributed by atoms with Gasteiger partial charge in [0.2, 0.25) is 0 Å². The maximum Gasteiger partial charge on any atom is 0.321 e. The Morgan fingerprint density at radius 1 is 0.857 bits per heavy atom. The number of piperazine rings is 1. The molecule has 2 aromatic carbocycles. The Labute approximate surface area is 162 Å². The molecule has 0 aliphatic carbocycles. The lowest BCUT2D eigenvalue weighted by Crippen LogP contribution is -2.50. The van der Waals surface area contributed by atoms with Gasteiger partial charge in [0.25, 0.3) is 0 Å². The summed E-state index contributed by atoms with van der Waals surface area (Å²) in [5, 5.41) is 11.5. The first-order valence-corrected chi connectivity index (χ1v) is 9.15. The number of nitrogens with one attached hydrogen (secondary N) is 1. The standard InChI is InChI=1S/C21H20FN5O/c22-17-8-6-16(7-9-17)19-10-11-20(25-24-19)26-12-14-27(15-13-26)21(28)23-18-4-2-1-3-5-18/h1-11H,12-15H2,(H,23,28). The second kappa shape index (κ2) is 8.04. The molecule has 1 aliphatic heterocycles. The Morgan fingerprint density at radius 3 is 2.21 bits per heavy atom. The number of hydrogen-bond donors (Lipinski definition) is 1. The molecule has 3 aromatic rings. The summed E-state index contributed by atoms with van der Waals surface area (Å²) in [5.74, 6) is 0.497. The molecule has 0 bridgehead atoms. The molecule has 6 nitrogen and oxygen atoms in total. The van der Waals surface area contributed by atoms with E-state index in [2.05, 4.69) is 20.4 Å². The van der Waals surface area contributed by atoms with Gasteiger partial charge in [-0.25, -0.2) is 9.18 Å². The van der Waals surface area contributed by atoms with Crippen LogP contribution in [0, 0.1) is 5.82 Å². The van der Waals surface area contributed by atoms with Crippen LogP contribution in [0.2, 0.25) is 0 Å². The molecule has 1 N–H and O–H groups in total. The number of rotatable bonds is 3. The van der Waals surface area contributed by atoms with Gasteiger partial charge >= 0.3 is 6.03 Å². The summed E-state index contributed by atoms with van der Waals surface area (Å²) in [5.41, 5.74) is 2.31.